The van der Waals surface area contributed by atoms with Crippen LogP contribution in [-0.2, 0) is 6.42 Å². The molecular formula is C29H35Cl2N3O. The van der Waals surface area contributed by atoms with Gasteiger partial charge in [-0.2, -0.15) is 0 Å². The van der Waals surface area contributed by atoms with Gasteiger partial charge in [0.25, 0.3) is 0 Å². The van der Waals surface area contributed by atoms with Gasteiger partial charge in [0.05, 0.1) is 0 Å². The van der Waals surface area contributed by atoms with Crippen molar-refractivity contribution < 1.29 is 4.79 Å². The number of nitrogens with one attached hydrogen (secondary N) is 1. The van der Waals surface area contributed by atoms with Crippen molar-refractivity contribution in [3.05, 3.63) is 95.0 Å². The number of halogens is 2. The Morgan fingerprint density at radius 1 is 0.971 bits per heavy atom. The van der Waals surface area contributed by atoms with Crippen molar-refractivity contribution in [2.75, 3.05) is 36.4 Å². The lowest BCUT2D eigenvalue weighted by Gasteiger charge is -2.32. The summed E-state index contributed by atoms with van der Waals surface area (Å²) in [6.45, 7) is 6.02. The molecule has 1 fully saturated rings. The summed E-state index contributed by atoms with van der Waals surface area (Å²) in [5.74, 6) is 0.771. The number of benzene rings is 3. The fourth-order valence-corrected chi connectivity index (χ4v) is 4.74. The highest BCUT2D eigenvalue weighted by Crippen LogP contribution is 2.23. The normalized spacial score (nSPS) is 14.2. The van der Waals surface area contributed by atoms with Gasteiger partial charge in [-0.15, -0.1) is 12.4 Å². The van der Waals surface area contributed by atoms with E-state index in [-0.39, 0.29) is 18.4 Å². The molecule has 1 heterocycles. The van der Waals surface area contributed by atoms with E-state index in [1.807, 2.05) is 29.2 Å². The maximum Gasteiger partial charge on any atom is 0.326 e. The van der Waals surface area contributed by atoms with Crippen LogP contribution in [0.5, 0.6) is 0 Å². The van der Waals surface area contributed by atoms with Crippen molar-refractivity contribution in [2.24, 2.45) is 5.92 Å². The zero-order valence-corrected chi connectivity index (χ0v) is 21.9. The fourth-order valence-electron chi connectivity index (χ4n) is 4.61. The average molecular weight is 513 g/mol. The molecule has 4 nitrogen and oxygen atoms in total. The molecule has 0 radical (unpaired) electrons. The molecule has 2 amide bonds. The Morgan fingerprint density at radius 3 is 2.29 bits per heavy atom. The van der Waals surface area contributed by atoms with E-state index in [9.17, 15) is 4.79 Å². The van der Waals surface area contributed by atoms with Crippen LogP contribution in [0.2, 0.25) is 5.02 Å². The van der Waals surface area contributed by atoms with Gasteiger partial charge in [-0.1, -0.05) is 59.6 Å². The highest BCUT2D eigenvalue weighted by atomic mass is 35.5. The number of carbonyl (C=O) groups excluding carboxylic acids is 1. The van der Waals surface area contributed by atoms with E-state index in [2.05, 4.69) is 59.6 Å². The highest BCUT2D eigenvalue weighted by Gasteiger charge is 2.21. The zero-order valence-electron chi connectivity index (χ0n) is 20.3. The van der Waals surface area contributed by atoms with E-state index in [0.29, 0.717) is 11.6 Å². The maximum atomic E-state index is 13.1. The minimum atomic E-state index is -0.118. The second-order valence-electron chi connectivity index (χ2n) is 9.25. The van der Waals surface area contributed by atoms with Crippen LogP contribution in [0.15, 0.2) is 78.9 Å². The molecule has 1 aliphatic rings. The van der Waals surface area contributed by atoms with Crippen molar-refractivity contribution in [2.45, 2.75) is 32.6 Å². The minimum Gasteiger partial charge on any atom is -0.308 e. The number of likely N-dealkylation sites (tertiary alicyclic amines) is 1. The monoisotopic (exact) mass is 511 g/mol. The predicted octanol–water partition coefficient (Wildman–Crippen LogP) is 7.45. The van der Waals surface area contributed by atoms with Gasteiger partial charge in [0.1, 0.15) is 0 Å². The summed E-state index contributed by atoms with van der Waals surface area (Å²) in [4.78, 5) is 17.5. The van der Waals surface area contributed by atoms with Gasteiger partial charge in [0, 0.05) is 22.9 Å². The van der Waals surface area contributed by atoms with Gasteiger partial charge in [-0.25, -0.2) is 4.79 Å². The van der Waals surface area contributed by atoms with Crippen molar-refractivity contribution in [3.8, 4) is 0 Å². The molecule has 35 heavy (non-hydrogen) atoms. The van der Waals surface area contributed by atoms with Crippen LogP contribution in [0, 0.1) is 12.8 Å². The Balaban J connectivity index is 0.00000342. The number of rotatable bonds is 8. The summed E-state index contributed by atoms with van der Waals surface area (Å²) in [5, 5.41) is 3.67. The van der Waals surface area contributed by atoms with Crippen molar-refractivity contribution in [1.29, 1.82) is 0 Å². The molecule has 0 saturated carbocycles. The molecule has 1 saturated heterocycles. The first-order valence-electron chi connectivity index (χ1n) is 12.2. The fraction of sp³-hybridized carbons (Fsp3) is 0.345. The first-order chi connectivity index (χ1) is 16.6. The number of amides is 2. The third-order valence-electron chi connectivity index (χ3n) is 6.62. The highest BCUT2D eigenvalue weighted by molar-refractivity contribution is 6.30. The van der Waals surface area contributed by atoms with E-state index in [4.69, 9.17) is 11.6 Å². The lowest BCUT2D eigenvalue weighted by atomic mass is 9.90. The molecule has 0 aliphatic carbocycles. The SMILES string of the molecule is Cc1ccc(N(CCCN2CCC(Cc3ccccc3)CC2)C(=O)Nc2ccc(Cl)cc2)cc1.Cl. The smallest absolute Gasteiger partial charge is 0.308 e. The van der Waals surface area contributed by atoms with E-state index in [1.165, 1.54) is 30.4 Å². The molecule has 0 spiro atoms. The van der Waals surface area contributed by atoms with Gasteiger partial charge in [0.2, 0.25) is 0 Å². The topological polar surface area (TPSA) is 35.6 Å². The molecular weight excluding hydrogens is 477 g/mol. The molecule has 1 aliphatic heterocycles. The van der Waals surface area contributed by atoms with Crippen LogP contribution in [0.1, 0.15) is 30.4 Å². The summed E-state index contributed by atoms with van der Waals surface area (Å²) in [6.07, 6.45) is 4.60. The van der Waals surface area contributed by atoms with Gasteiger partial charge in [0.15, 0.2) is 0 Å². The molecule has 3 aromatic carbocycles. The number of hydrogen-bond donors (Lipinski definition) is 1. The number of anilines is 2. The maximum absolute atomic E-state index is 13.1. The van der Waals surface area contributed by atoms with Gasteiger partial charge >= 0.3 is 6.03 Å². The number of nitrogens with zero attached hydrogens (tertiary/aromatic N) is 2. The van der Waals surface area contributed by atoms with Crippen LogP contribution < -0.4 is 10.2 Å². The van der Waals surface area contributed by atoms with Gasteiger partial charge in [-0.3, -0.25) is 4.90 Å². The van der Waals surface area contributed by atoms with E-state index in [1.54, 1.807) is 12.1 Å². The molecule has 6 heteroatoms. The van der Waals surface area contributed by atoms with Crippen molar-refractivity contribution in [1.82, 2.24) is 4.90 Å². The molecule has 1 N–H and O–H groups in total. The largest absolute Gasteiger partial charge is 0.326 e. The van der Waals surface area contributed by atoms with E-state index >= 15 is 0 Å². The Morgan fingerprint density at radius 2 is 1.63 bits per heavy atom. The number of carbonyl (C=O) groups is 1. The Kier molecular flexibility index (Phi) is 10.5. The minimum absolute atomic E-state index is 0. The quantitative estimate of drug-likeness (QED) is 0.340. The number of hydrogen-bond acceptors (Lipinski definition) is 2. The number of urea groups is 1. The molecule has 0 atom stereocenters. The van der Waals surface area contributed by atoms with Crippen molar-refractivity contribution >= 4 is 41.4 Å². The second kappa shape index (κ2) is 13.5. The van der Waals surface area contributed by atoms with Gasteiger partial charge in [-0.05, 0) is 100 Å². The molecule has 3 aromatic rings. The average Bonchev–Trinajstić information content (AvgIpc) is 2.86. The number of aryl methyl sites for hydroxylation is 1. The van der Waals surface area contributed by atoms with E-state index in [0.717, 1.165) is 43.3 Å². The second-order valence-corrected chi connectivity index (χ2v) is 9.69. The van der Waals surface area contributed by atoms with E-state index < -0.39 is 0 Å². The van der Waals surface area contributed by atoms with Crippen molar-refractivity contribution in [3.63, 3.8) is 0 Å². The molecule has 4 rings (SSSR count). The first-order valence-corrected chi connectivity index (χ1v) is 12.6. The van der Waals surface area contributed by atoms with Crippen LogP contribution in [0.25, 0.3) is 0 Å². The molecule has 0 aromatic heterocycles. The Hall–Kier alpha value is -2.53. The third kappa shape index (κ3) is 8.28. The summed E-state index contributed by atoms with van der Waals surface area (Å²) in [7, 11) is 0. The summed E-state index contributed by atoms with van der Waals surface area (Å²) in [6, 6.07) is 26.1. The van der Waals surface area contributed by atoms with Crippen LogP contribution in [0.3, 0.4) is 0 Å². The zero-order chi connectivity index (χ0) is 23.8. The third-order valence-corrected chi connectivity index (χ3v) is 6.87. The lowest BCUT2D eigenvalue weighted by Crippen LogP contribution is -2.39. The van der Waals surface area contributed by atoms with Crippen LogP contribution in [-0.4, -0.2) is 37.1 Å². The summed E-state index contributed by atoms with van der Waals surface area (Å²) >= 11 is 5.99. The van der Waals surface area contributed by atoms with Crippen LogP contribution >= 0.6 is 24.0 Å². The van der Waals surface area contributed by atoms with Crippen LogP contribution in [0.4, 0.5) is 16.2 Å². The first kappa shape index (κ1) is 27.1. The standard InChI is InChI=1S/C29H34ClN3O.ClH/c1-23-8-14-28(15-9-23)33(29(34)31-27-12-10-26(30)11-13-27)19-5-18-32-20-16-25(17-21-32)22-24-6-3-2-4-7-24;/h2-4,6-15,25H,5,16-22H2,1H3,(H,31,34);1H. The molecule has 0 bridgehead atoms. The summed E-state index contributed by atoms with van der Waals surface area (Å²) in [5.41, 5.74) is 4.28. The molecule has 0 unspecified atom stereocenters. The van der Waals surface area contributed by atoms with Gasteiger partial charge < -0.3 is 10.2 Å². The predicted molar refractivity (Wildman–Crippen MR) is 150 cm³/mol. The molecule has 186 valence electrons. The summed E-state index contributed by atoms with van der Waals surface area (Å²) < 4.78 is 0. The lowest BCUT2D eigenvalue weighted by molar-refractivity contribution is 0.183. The Labute approximate surface area is 220 Å². The Bertz CT molecular complexity index is 1030. The number of piperidine rings is 1.